The molecule has 1 aliphatic rings. The van der Waals surface area contributed by atoms with Crippen LogP contribution in [0.2, 0.25) is 0 Å². The first-order valence-corrected chi connectivity index (χ1v) is 10.5. The molecule has 27 heavy (non-hydrogen) atoms. The van der Waals surface area contributed by atoms with Crippen molar-refractivity contribution in [1.82, 2.24) is 19.7 Å². The minimum atomic E-state index is 0.183. The number of methoxy groups -OCH3 is 1. The van der Waals surface area contributed by atoms with Gasteiger partial charge in [-0.05, 0) is 37.3 Å². The molecule has 1 saturated heterocycles. The van der Waals surface area contributed by atoms with E-state index in [-0.39, 0.29) is 5.91 Å². The quantitative estimate of drug-likeness (QED) is 0.708. The summed E-state index contributed by atoms with van der Waals surface area (Å²) in [5.41, 5.74) is 0.909. The van der Waals surface area contributed by atoms with E-state index < -0.39 is 0 Å². The third kappa shape index (κ3) is 4.46. The zero-order valence-electron chi connectivity index (χ0n) is 16.5. The van der Waals surface area contributed by atoms with Crippen LogP contribution >= 0.6 is 11.8 Å². The van der Waals surface area contributed by atoms with Crippen LogP contribution in [0.3, 0.4) is 0 Å². The number of ether oxygens (including phenoxy) is 1. The Balaban J connectivity index is 1.73. The molecule has 0 radical (unpaired) electrons. The molecular weight excluding hydrogens is 360 g/mol. The molecule has 0 N–H and O–H groups in total. The molecule has 2 aromatic rings. The number of carbonyl (C=O) groups excluding carboxylic acids is 1. The summed E-state index contributed by atoms with van der Waals surface area (Å²) >= 11 is 1.46. The Bertz CT molecular complexity index is 782. The SMILES string of the molecule is CCn1c(SCC(=O)N2C[C@H](C)C[C@@H](C)C2)nnc1-c1ccccc1OC. The highest BCUT2D eigenvalue weighted by molar-refractivity contribution is 7.99. The molecule has 0 unspecified atom stereocenters. The summed E-state index contributed by atoms with van der Waals surface area (Å²) < 4.78 is 7.50. The molecule has 1 aromatic carbocycles. The van der Waals surface area contributed by atoms with Crippen molar-refractivity contribution < 1.29 is 9.53 Å². The normalized spacial score (nSPS) is 19.9. The predicted molar refractivity (Wildman–Crippen MR) is 108 cm³/mol. The molecule has 3 rings (SSSR count). The van der Waals surface area contributed by atoms with Gasteiger partial charge < -0.3 is 14.2 Å². The lowest BCUT2D eigenvalue weighted by atomic mass is 9.92. The van der Waals surface area contributed by atoms with Crippen LogP contribution in [0.4, 0.5) is 0 Å². The molecule has 0 aliphatic carbocycles. The highest BCUT2D eigenvalue weighted by atomic mass is 32.2. The van der Waals surface area contributed by atoms with Crippen LogP contribution in [0.5, 0.6) is 5.75 Å². The molecular formula is C20H28N4O2S. The number of carbonyl (C=O) groups is 1. The lowest BCUT2D eigenvalue weighted by molar-refractivity contribution is -0.130. The number of rotatable bonds is 6. The Morgan fingerprint density at radius 3 is 2.59 bits per heavy atom. The van der Waals surface area contributed by atoms with Gasteiger partial charge >= 0.3 is 0 Å². The number of thioether (sulfide) groups is 1. The summed E-state index contributed by atoms with van der Waals surface area (Å²) in [6.07, 6.45) is 1.20. The van der Waals surface area contributed by atoms with E-state index in [9.17, 15) is 4.79 Å². The zero-order chi connectivity index (χ0) is 19.4. The summed E-state index contributed by atoms with van der Waals surface area (Å²) in [4.78, 5) is 14.7. The summed E-state index contributed by atoms with van der Waals surface area (Å²) in [7, 11) is 1.65. The fourth-order valence-electron chi connectivity index (χ4n) is 3.79. The van der Waals surface area contributed by atoms with Crippen LogP contribution in [0.25, 0.3) is 11.4 Å². The van der Waals surface area contributed by atoms with Gasteiger partial charge in [0.25, 0.3) is 0 Å². The molecule has 1 aliphatic heterocycles. The maximum absolute atomic E-state index is 12.7. The average molecular weight is 389 g/mol. The molecule has 7 heteroatoms. The Hall–Kier alpha value is -2.02. The fraction of sp³-hybridized carbons (Fsp3) is 0.550. The van der Waals surface area contributed by atoms with Crippen LogP contribution in [-0.2, 0) is 11.3 Å². The number of para-hydroxylation sites is 1. The van der Waals surface area contributed by atoms with Crippen molar-refractivity contribution in [2.45, 2.75) is 38.9 Å². The molecule has 6 nitrogen and oxygen atoms in total. The third-order valence-electron chi connectivity index (χ3n) is 4.93. The Labute approximate surface area is 165 Å². The summed E-state index contributed by atoms with van der Waals surface area (Å²) in [6, 6.07) is 7.79. The first-order valence-electron chi connectivity index (χ1n) is 9.50. The van der Waals surface area contributed by atoms with Gasteiger partial charge in [-0.1, -0.05) is 37.7 Å². The lowest BCUT2D eigenvalue weighted by Gasteiger charge is -2.34. The number of amides is 1. The molecule has 1 amide bonds. The van der Waals surface area contributed by atoms with Gasteiger partial charge in [-0.15, -0.1) is 10.2 Å². The second-order valence-electron chi connectivity index (χ2n) is 7.28. The zero-order valence-corrected chi connectivity index (χ0v) is 17.3. The van der Waals surface area contributed by atoms with E-state index >= 15 is 0 Å². The smallest absolute Gasteiger partial charge is 0.233 e. The molecule has 146 valence electrons. The second-order valence-corrected chi connectivity index (χ2v) is 8.23. The number of benzene rings is 1. The number of piperidine rings is 1. The third-order valence-corrected chi connectivity index (χ3v) is 5.88. The predicted octanol–water partition coefficient (Wildman–Crippen LogP) is 3.57. The van der Waals surface area contributed by atoms with Crippen LogP contribution in [0.1, 0.15) is 27.2 Å². The van der Waals surface area contributed by atoms with Crippen molar-refractivity contribution in [3.05, 3.63) is 24.3 Å². The average Bonchev–Trinajstić information content (AvgIpc) is 3.07. The monoisotopic (exact) mass is 388 g/mol. The Kier molecular flexibility index (Phi) is 6.42. The van der Waals surface area contributed by atoms with Crippen molar-refractivity contribution in [3.63, 3.8) is 0 Å². The number of likely N-dealkylation sites (tertiary alicyclic amines) is 1. The van der Waals surface area contributed by atoms with E-state index in [1.807, 2.05) is 33.7 Å². The Morgan fingerprint density at radius 2 is 1.93 bits per heavy atom. The van der Waals surface area contributed by atoms with Gasteiger partial charge in [0.05, 0.1) is 18.4 Å². The number of aromatic nitrogens is 3. The number of hydrogen-bond acceptors (Lipinski definition) is 5. The molecule has 2 heterocycles. The largest absolute Gasteiger partial charge is 0.496 e. The van der Waals surface area contributed by atoms with E-state index in [0.29, 0.717) is 17.6 Å². The van der Waals surface area contributed by atoms with Crippen molar-refractivity contribution in [2.24, 2.45) is 11.8 Å². The summed E-state index contributed by atoms with van der Waals surface area (Å²) in [6.45, 7) is 8.94. The van der Waals surface area contributed by atoms with Crippen LogP contribution in [-0.4, -0.2) is 51.5 Å². The van der Waals surface area contributed by atoms with Gasteiger partial charge in [0.2, 0.25) is 5.91 Å². The van der Waals surface area contributed by atoms with Crippen molar-refractivity contribution in [3.8, 4) is 17.1 Å². The molecule has 0 saturated carbocycles. The lowest BCUT2D eigenvalue weighted by Crippen LogP contribution is -2.43. The highest BCUT2D eigenvalue weighted by Gasteiger charge is 2.26. The van der Waals surface area contributed by atoms with Gasteiger partial charge in [-0.3, -0.25) is 4.79 Å². The Morgan fingerprint density at radius 1 is 1.22 bits per heavy atom. The first kappa shape index (κ1) is 19.7. The summed E-state index contributed by atoms with van der Waals surface area (Å²) in [5, 5.41) is 9.47. The van der Waals surface area contributed by atoms with Crippen LogP contribution in [0, 0.1) is 11.8 Å². The van der Waals surface area contributed by atoms with Gasteiger partial charge in [-0.2, -0.15) is 0 Å². The topological polar surface area (TPSA) is 60.2 Å². The number of nitrogens with zero attached hydrogens (tertiary/aromatic N) is 4. The minimum Gasteiger partial charge on any atom is -0.496 e. The van der Waals surface area contributed by atoms with Gasteiger partial charge in [-0.25, -0.2) is 0 Å². The van der Waals surface area contributed by atoms with E-state index in [1.54, 1.807) is 7.11 Å². The maximum Gasteiger partial charge on any atom is 0.233 e. The first-order chi connectivity index (χ1) is 13.0. The highest BCUT2D eigenvalue weighted by Crippen LogP contribution is 2.31. The van der Waals surface area contributed by atoms with E-state index in [1.165, 1.54) is 18.2 Å². The van der Waals surface area contributed by atoms with Gasteiger partial charge in [0.15, 0.2) is 11.0 Å². The molecule has 0 spiro atoms. The van der Waals surface area contributed by atoms with Gasteiger partial charge in [0.1, 0.15) is 5.75 Å². The second kappa shape index (κ2) is 8.78. The minimum absolute atomic E-state index is 0.183. The maximum atomic E-state index is 12.7. The molecule has 1 aromatic heterocycles. The van der Waals surface area contributed by atoms with E-state index in [2.05, 4.69) is 31.0 Å². The molecule has 2 atom stereocenters. The number of hydrogen-bond donors (Lipinski definition) is 0. The van der Waals surface area contributed by atoms with E-state index in [4.69, 9.17) is 4.74 Å². The molecule has 1 fully saturated rings. The molecule has 0 bridgehead atoms. The van der Waals surface area contributed by atoms with Crippen molar-refractivity contribution in [2.75, 3.05) is 26.0 Å². The summed E-state index contributed by atoms with van der Waals surface area (Å²) in [5.74, 6) is 3.25. The van der Waals surface area contributed by atoms with Crippen molar-refractivity contribution >= 4 is 17.7 Å². The standard InChI is InChI=1S/C20H28N4O2S/c1-5-24-19(16-8-6-7-9-17(16)26-4)21-22-20(24)27-13-18(25)23-11-14(2)10-15(3)12-23/h6-9,14-15H,5,10-13H2,1-4H3/t14-,15-/m1/s1. The van der Waals surface area contributed by atoms with E-state index in [0.717, 1.165) is 41.9 Å². The van der Waals surface area contributed by atoms with Crippen molar-refractivity contribution in [1.29, 1.82) is 0 Å². The van der Waals surface area contributed by atoms with Crippen LogP contribution < -0.4 is 4.74 Å². The fourth-order valence-corrected chi connectivity index (χ4v) is 4.70. The van der Waals surface area contributed by atoms with Gasteiger partial charge in [0, 0.05) is 19.6 Å². The van der Waals surface area contributed by atoms with Crippen LogP contribution in [0.15, 0.2) is 29.4 Å².